The van der Waals surface area contributed by atoms with Crippen LogP contribution in [0.15, 0.2) is 34.9 Å². The second kappa shape index (κ2) is 5.21. The lowest BCUT2D eigenvalue weighted by Crippen LogP contribution is -2.06. The van der Waals surface area contributed by atoms with E-state index in [4.69, 9.17) is 14.3 Å². The van der Waals surface area contributed by atoms with Crippen LogP contribution in [0.25, 0.3) is 0 Å². The molecule has 0 fully saturated rings. The summed E-state index contributed by atoms with van der Waals surface area (Å²) >= 11 is 0. The lowest BCUT2D eigenvalue weighted by atomic mass is 10.3. The van der Waals surface area contributed by atoms with E-state index in [1.807, 2.05) is 0 Å². The summed E-state index contributed by atoms with van der Waals surface area (Å²) < 4.78 is 10.1. The molecule has 0 spiro atoms. The van der Waals surface area contributed by atoms with Crippen molar-refractivity contribution in [2.45, 2.75) is 6.92 Å². The Balaban J connectivity index is 2.22. The van der Waals surface area contributed by atoms with E-state index in [1.54, 1.807) is 24.3 Å². The molecule has 0 unspecified atom stereocenters. The van der Waals surface area contributed by atoms with Crippen LogP contribution >= 0.6 is 0 Å². The van der Waals surface area contributed by atoms with Crippen molar-refractivity contribution in [3.63, 3.8) is 0 Å². The predicted octanol–water partition coefficient (Wildman–Crippen LogP) is 2.12. The Kier molecular flexibility index (Phi) is 3.46. The second-order valence-corrected chi connectivity index (χ2v) is 3.58. The first-order chi connectivity index (χ1) is 9.06. The third-order valence-electron chi connectivity index (χ3n) is 2.10. The highest BCUT2D eigenvalue weighted by atomic mass is 16.6. The number of anilines is 1. The molecule has 1 heterocycles. The van der Waals surface area contributed by atoms with Gasteiger partial charge in [0.05, 0.1) is 5.69 Å². The van der Waals surface area contributed by atoms with E-state index in [0.717, 1.165) is 6.26 Å². The fourth-order valence-electron chi connectivity index (χ4n) is 1.35. The quantitative estimate of drug-likeness (QED) is 0.875. The molecule has 0 saturated carbocycles. The van der Waals surface area contributed by atoms with Gasteiger partial charge < -0.3 is 19.6 Å². The van der Waals surface area contributed by atoms with Crippen molar-refractivity contribution in [2.24, 2.45) is 0 Å². The fraction of sp³-hybridized carbons (Fsp3) is 0.0833. The molecule has 7 heteroatoms. The number of oxazole rings is 1. The topological polar surface area (TPSA) is 102 Å². The zero-order chi connectivity index (χ0) is 13.8. The van der Waals surface area contributed by atoms with E-state index in [9.17, 15) is 9.59 Å². The number of rotatable bonds is 4. The molecule has 2 N–H and O–H groups in total. The van der Waals surface area contributed by atoms with Gasteiger partial charge in [0.1, 0.15) is 6.26 Å². The molecule has 1 aromatic heterocycles. The number of hydrogen-bond donors (Lipinski definition) is 2. The minimum Gasteiger partial charge on any atom is -0.476 e. The zero-order valence-corrected chi connectivity index (χ0v) is 9.91. The lowest BCUT2D eigenvalue weighted by molar-refractivity contribution is -0.114. The molecule has 0 aliphatic heterocycles. The van der Waals surface area contributed by atoms with Gasteiger partial charge in [-0.2, -0.15) is 4.98 Å². The second-order valence-electron chi connectivity index (χ2n) is 3.58. The summed E-state index contributed by atoms with van der Waals surface area (Å²) in [5.74, 6) is -1.17. The molecule has 1 aromatic carbocycles. The number of carboxylic acid groups (broad SMARTS) is 1. The maximum atomic E-state index is 11.0. The minimum atomic E-state index is -1.21. The van der Waals surface area contributed by atoms with Crippen LogP contribution in [0.5, 0.6) is 11.8 Å². The Labute approximate surface area is 107 Å². The fourth-order valence-corrected chi connectivity index (χ4v) is 1.35. The highest BCUT2D eigenvalue weighted by molar-refractivity contribution is 5.90. The lowest BCUT2D eigenvalue weighted by Gasteiger charge is -2.07. The number of nitrogens with one attached hydrogen (secondary N) is 1. The maximum Gasteiger partial charge on any atom is 0.399 e. The van der Waals surface area contributed by atoms with Gasteiger partial charge in [0, 0.05) is 6.92 Å². The molecular weight excluding hydrogens is 252 g/mol. The summed E-state index contributed by atoms with van der Waals surface area (Å²) in [6, 6.07) is 6.64. The Morgan fingerprint density at radius 1 is 1.37 bits per heavy atom. The van der Waals surface area contributed by atoms with E-state index >= 15 is 0 Å². The number of para-hydroxylation sites is 2. The van der Waals surface area contributed by atoms with Gasteiger partial charge in [0.2, 0.25) is 5.91 Å². The Morgan fingerprint density at radius 2 is 2.11 bits per heavy atom. The molecular formula is C12H10N2O5. The molecule has 98 valence electrons. The number of ether oxygens (including phenoxy) is 1. The van der Waals surface area contributed by atoms with Crippen molar-refractivity contribution in [3.8, 4) is 11.8 Å². The maximum absolute atomic E-state index is 11.0. The summed E-state index contributed by atoms with van der Waals surface area (Å²) in [7, 11) is 0. The first-order valence-corrected chi connectivity index (χ1v) is 5.29. The Hall–Kier alpha value is -2.83. The van der Waals surface area contributed by atoms with E-state index < -0.39 is 5.97 Å². The number of carboxylic acids is 1. The Bertz CT molecular complexity index is 620. The molecule has 0 atom stereocenters. The van der Waals surface area contributed by atoms with Gasteiger partial charge in [-0.15, -0.1) is 0 Å². The highest BCUT2D eigenvalue weighted by Crippen LogP contribution is 2.28. The normalized spacial score (nSPS) is 9.95. The van der Waals surface area contributed by atoms with Crippen molar-refractivity contribution >= 4 is 17.6 Å². The van der Waals surface area contributed by atoms with Crippen molar-refractivity contribution in [1.82, 2.24) is 4.98 Å². The van der Waals surface area contributed by atoms with Crippen molar-refractivity contribution in [1.29, 1.82) is 0 Å². The van der Waals surface area contributed by atoms with Crippen LogP contribution in [-0.4, -0.2) is 22.0 Å². The van der Waals surface area contributed by atoms with Crippen LogP contribution in [0.1, 0.15) is 17.4 Å². The van der Waals surface area contributed by atoms with Crippen molar-refractivity contribution < 1.29 is 23.8 Å². The number of aromatic nitrogens is 1. The average Bonchev–Trinajstić information content (AvgIpc) is 2.80. The van der Waals surface area contributed by atoms with Gasteiger partial charge in [-0.05, 0) is 12.1 Å². The van der Waals surface area contributed by atoms with Crippen LogP contribution in [0.3, 0.4) is 0 Å². The van der Waals surface area contributed by atoms with Crippen molar-refractivity contribution in [3.05, 3.63) is 36.2 Å². The van der Waals surface area contributed by atoms with Gasteiger partial charge in [-0.3, -0.25) is 4.79 Å². The van der Waals surface area contributed by atoms with Crippen LogP contribution in [0.2, 0.25) is 0 Å². The number of hydrogen-bond acceptors (Lipinski definition) is 5. The van der Waals surface area contributed by atoms with Crippen LogP contribution in [-0.2, 0) is 4.79 Å². The molecule has 2 aromatic rings. The van der Waals surface area contributed by atoms with E-state index in [-0.39, 0.29) is 17.7 Å². The first-order valence-electron chi connectivity index (χ1n) is 5.29. The summed E-state index contributed by atoms with van der Waals surface area (Å²) in [6.07, 6.45) is 0.758. The standard InChI is InChI=1S/C12H10N2O5/c1-7(15)13-8-4-2-3-5-10(8)19-12-14-9(6-18-12)11(16)17/h2-6H,1H3,(H,13,15)(H,16,17). The smallest absolute Gasteiger partial charge is 0.399 e. The molecule has 2 rings (SSSR count). The highest BCUT2D eigenvalue weighted by Gasteiger charge is 2.13. The number of amides is 1. The zero-order valence-electron chi connectivity index (χ0n) is 9.91. The Morgan fingerprint density at radius 3 is 2.74 bits per heavy atom. The molecule has 0 radical (unpaired) electrons. The minimum absolute atomic E-state index is 0.213. The first kappa shape index (κ1) is 12.6. The van der Waals surface area contributed by atoms with Gasteiger partial charge in [0.25, 0.3) is 0 Å². The largest absolute Gasteiger partial charge is 0.476 e. The summed E-state index contributed by atoms with van der Waals surface area (Å²) in [5, 5.41) is 11.3. The van der Waals surface area contributed by atoms with Gasteiger partial charge in [0.15, 0.2) is 11.4 Å². The molecule has 0 bridgehead atoms. The van der Waals surface area contributed by atoms with Crippen molar-refractivity contribution in [2.75, 3.05) is 5.32 Å². The van der Waals surface area contributed by atoms with Gasteiger partial charge in [-0.25, -0.2) is 4.79 Å². The third kappa shape index (κ3) is 3.09. The number of carbonyl (C=O) groups excluding carboxylic acids is 1. The molecule has 0 aliphatic carbocycles. The molecule has 19 heavy (non-hydrogen) atoms. The monoisotopic (exact) mass is 262 g/mol. The van der Waals surface area contributed by atoms with E-state index in [1.165, 1.54) is 6.92 Å². The predicted molar refractivity (Wildman–Crippen MR) is 64.3 cm³/mol. The molecule has 1 amide bonds. The summed E-state index contributed by atoms with van der Waals surface area (Å²) in [6.45, 7) is 1.37. The van der Waals surface area contributed by atoms with Gasteiger partial charge >= 0.3 is 12.0 Å². The average molecular weight is 262 g/mol. The van der Waals surface area contributed by atoms with Crippen LogP contribution < -0.4 is 10.1 Å². The van der Waals surface area contributed by atoms with E-state index in [2.05, 4.69) is 10.3 Å². The number of carbonyl (C=O) groups is 2. The summed E-state index contributed by atoms with van der Waals surface area (Å²) in [4.78, 5) is 25.3. The number of aromatic carboxylic acids is 1. The van der Waals surface area contributed by atoms with Crippen LogP contribution in [0.4, 0.5) is 5.69 Å². The summed E-state index contributed by atoms with van der Waals surface area (Å²) in [5.41, 5.74) is 0.178. The van der Waals surface area contributed by atoms with Crippen LogP contribution in [0, 0.1) is 0 Å². The number of benzene rings is 1. The van der Waals surface area contributed by atoms with Gasteiger partial charge in [-0.1, -0.05) is 12.1 Å². The molecule has 7 nitrogen and oxygen atoms in total. The number of nitrogens with zero attached hydrogens (tertiary/aromatic N) is 1. The van der Waals surface area contributed by atoms with E-state index in [0.29, 0.717) is 11.4 Å². The molecule has 0 aliphatic rings. The SMILES string of the molecule is CC(=O)Nc1ccccc1Oc1nc(C(=O)O)co1. The molecule has 0 saturated heterocycles. The third-order valence-corrected chi connectivity index (χ3v) is 2.10.